The Morgan fingerprint density at radius 1 is 1.05 bits per heavy atom. The third-order valence-corrected chi connectivity index (χ3v) is 8.20. The van der Waals surface area contributed by atoms with Gasteiger partial charge in [0.2, 0.25) is 0 Å². The van der Waals surface area contributed by atoms with Crippen LogP contribution in [-0.2, 0) is 9.53 Å². The molecule has 2 nitrogen and oxygen atoms in total. The molecule has 0 amide bonds. The molecule has 22 heavy (non-hydrogen) atoms. The van der Waals surface area contributed by atoms with Gasteiger partial charge in [-0.1, -0.05) is 40.2 Å². The molecule has 2 heteroatoms. The number of carbonyl (C=O) groups excluding carboxylic acids is 1. The van der Waals surface area contributed by atoms with Crippen LogP contribution < -0.4 is 0 Å². The Hall–Kier alpha value is -0.790. The van der Waals surface area contributed by atoms with Crippen molar-refractivity contribution >= 4 is 5.97 Å². The lowest BCUT2D eigenvalue weighted by Gasteiger charge is -2.64. The third kappa shape index (κ3) is 1.70. The van der Waals surface area contributed by atoms with Crippen LogP contribution in [-0.4, -0.2) is 12.6 Å². The Kier molecular flexibility index (Phi) is 2.95. The minimum Gasteiger partial charge on any atom is -0.462 e. The maximum absolute atomic E-state index is 12.0. The van der Waals surface area contributed by atoms with Gasteiger partial charge in [0.25, 0.3) is 0 Å². The van der Waals surface area contributed by atoms with E-state index in [0.717, 1.165) is 17.9 Å². The predicted octanol–water partition coefficient (Wildman–Crippen LogP) is 4.74. The van der Waals surface area contributed by atoms with Crippen molar-refractivity contribution in [2.24, 2.45) is 34.0 Å². The van der Waals surface area contributed by atoms with Crippen molar-refractivity contribution < 1.29 is 9.53 Å². The molecule has 1 saturated heterocycles. The zero-order valence-electron chi connectivity index (χ0n) is 14.6. The van der Waals surface area contributed by atoms with Crippen molar-refractivity contribution in [3.63, 3.8) is 0 Å². The first-order chi connectivity index (χ1) is 10.3. The molecule has 4 rings (SSSR count). The van der Waals surface area contributed by atoms with E-state index >= 15 is 0 Å². The van der Waals surface area contributed by atoms with Crippen molar-refractivity contribution in [3.8, 4) is 0 Å². The molecule has 2 saturated carbocycles. The minimum absolute atomic E-state index is 0.0408. The largest absolute Gasteiger partial charge is 0.462 e. The molecule has 0 unspecified atom stereocenters. The number of fused-ring (bicyclic) bond motifs is 5. The highest BCUT2D eigenvalue weighted by Gasteiger charge is 2.62. The van der Waals surface area contributed by atoms with Gasteiger partial charge in [0.15, 0.2) is 0 Å². The molecule has 122 valence electrons. The van der Waals surface area contributed by atoms with Crippen LogP contribution in [0.2, 0.25) is 0 Å². The van der Waals surface area contributed by atoms with Crippen LogP contribution in [0.1, 0.15) is 66.2 Å². The molecule has 1 aliphatic heterocycles. The van der Waals surface area contributed by atoms with E-state index in [0.29, 0.717) is 29.3 Å². The Morgan fingerprint density at radius 2 is 1.82 bits per heavy atom. The molecule has 1 heterocycles. The molecule has 0 N–H and O–H groups in total. The average molecular weight is 302 g/mol. The smallest absolute Gasteiger partial charge is 0.334 e. The van der Waals surface area contributed by atoms with Gasteiger partial charge in [-0.05, 0) is 60.2 Å². The summed E-state index contributed by atoms with van der Waals surface area (Å²) in [5.41, 5.74) is 2.16. The van der Waals surface area contributed by atoms with E-state index in [4.69, 9.17) is 4.74 Å². The van der Waals surface area contributed by atoms with Gasteiger partial charge in [0.1, 0.15) is 0 Å². The monoisotopic (exact) mass is 302 g/mol. The fraction of sp³-hybridized carbons (Fsp3) is 0.850. The molecular weight excluding hydrogens is 272 g/mol. The fourth-order valence-corrected chi connectivity index (χ4v) is 7.13. The van der Waals surface area contributed by atoms with Gasteiger partial charge in [0.05, 0.1) is 6.61 Å². The molecule has 0 radical (unpaired) electrons. The van der Waals surface area contributed by atoms with E-state index in [1.165, 1.54) is 32.1 Å². The fourth-order valence-electron chi connectivity index (χ4n) is 7.13. The molecular formula is C20H30O2. The standard InChI is InChI=1S/C20H30O2/c1-18(2)9-5-10-20(4)15(18)8-11-19(3)14-12-22-17(21)13(14)6-7-16(19)20/h6,14-16H,5,7-12H2,1-4H3/t14-,15-,16+,19+,20+/m1/s1. The van der Waals surface area contributed by atoms with E-state index in [1.807, 2.05) is 0 Å². The Morgan fingerprint density at radius 3 is 2.59 bits per heavy atom. The quantitative estimate of drug-likeness (QED) is 0.604. The molecule has 0 aromatic rings. The van der Waals surface area contributed by atoms with E-state index in [9.17, 15) is 4.79 Å². The highest BCUT2D eigenvalue weighted by Crippen LogP contribution is 2.68. The molecule has 0 aromatic heterocycles. The minimum atomic E-state index is -0.0408. The Labute approximate surface area is 134 Å². The van der Waals surface area contributed by atoms with Crippen LogP contribution in [0.25, 0.3) is 0 Å². The van der Waals surface area contributed by atoms with Crippen LogP contribution in [0.4, 0.5) is 0 Å². The summed E-state index contributed by atoms with van der Waals surface area (Å²) < 4.78 is 5.42. The van der Waals surface area contributed by atoms with Crippen molar-refractivity contribution in [2.45, 2.75) is 66.2 Å². The van der Waals surface area contributed by atoms with E-state index < -0.39 is 0 Å². The predicted molar refractivity (Wildman–Crippen MR) is 87.2 cm³/mol. The number of hydrogen-bond donors (Lipinski definition) is 0. The zero-order chi connectivity index (χ0) is 15.8. The summed E-state index contributed by atoms with van der Waals surface area (Å²) in [7, 11) is 0. The normalized spacial score (nSPS) is 49.5. The first-order valence-corrected chi connectivity index (χ1v) is 9.16. The van der Waals surface area contributed by atoms with Crippen LogP contribution in [0, 0.1) is 34.0 Å². The van der Waals surface area contributed by atoms with Crippen molar-refractivity contribution in [2.75, 3.05) is 6.61 Å². The lowest BCUT2D eigenvalue weighted by atomic mass is 9.40. The topological polar surface area (TPSA) is 26.3 Å². The Balaban J connectivity index is 1.76. The number of cyclic esters (lactones) is 1. The zero-order valence-corrected chi connectivity index (χ0v) is 14.6. The molecule has 0 spiro atoms. The van der Waals surface area contributed by atoms with Gasteiger partial charge >= 0.3 is 5.97 Å². The van der Waals surface area contributed by atoms with Crippen molar-refractivity contribution in [1.82, 2.24) is 0 Å². The molecule has 0 aromatic carbocycles. The summed E-state index contributed by atoms with van der Waals surface area (Å²) in [6, 6.07) is 0. The van der Waals surface area contributed by atoms with Gasteiger partial charge in [-0.25, -0.2) is 4.79 Å². The van der Waals surface area contributed by atoms with E-state index in [2.05, 4.69) is 33.8 Å². The maximum atomic E-state index is 12.0. The van der Waals surface area contributed by atoms with Crippen molar-refractivity contribution in [1.29, 1.82) is 0 Å². The van der Waals surface area contributed by atoms with Crippen LogP contribution in [0.3, 0.4) is 0 Å². The summed E-state index contributed by atoms with van der Waals surface area (Å²) in [5, 5.41) is 0. The number of allylic oxidation sites excluding steroid dienone is 1. The number of carbonyl (C=O) groups is 1. The molecule has 0 bridgehead atoms. The first-order valence-electron chi connectivity index (χ1n) is 9.16. The second kappa shape index (κ2) is 4.39. The number of rotatable bonds is 0. The number of hydrogen-bond acceptors (Lipinski definition) is 2. The van der Waals surface area contributed by atoms with Gasteiger partial charge < -0.3 is 4.74 Å². The summed E-state index contributed by atoms with van der Waals surface area (Å²) in [6.07, 6.45) is 10.0. The van der Waals surface area contributed by atoms with E-state index in [1.54, 1.807) is 0 Å². The second-order valence-corrected chi connectivity index (χ2v) is 9.54. The highest BCUT2D eigenvalue weighted by molar-refractivity contribution is 5.91. The Bertz CT molecular complexity index is 546. The summed E-state index contributed by atoms with van der Waals surface area (Å²) >= 11 is 0. The lowest BCUT2D eigenvalue weighted by Crippen LogP contribution is -2.57. The van der Waals surface area contributed by atoms with Crippen LogP contribution in [0.15, 0.2) is 11.6 Å². The second-order valence-electron chi connectivity index (χ2n) is 9.54. The average Bonchev–Trinajstić information content (AvgIpc) is 2.80. The van der Waals surface area contributed by atoms with E-state index in [-0.39, 0.29) is 11.4 Å². The molecule has 3 aliphatic carbocycles. The van der Waals surface area contributed by atoms with Gasteiger partial charge in [-0.15, -0.1) is 0 Å². The summed E-state index contributed by atoms with van der Waals surface area (Å²) in [6.45, 7) is 10.6. The maximum Gasteiger partial charge on any atom is 0.334 e. The summed E-state index contributed by atoms with van der Waals surface area (Å²) in [5.74, 6) is 1.85. The molecule has 3 fully saturated rings. The van der Waals surface area contributed by atoms with Crippen molar-refractivity contribution in [3.05, 3.63) is 11.6 Å². The van der Waals surface area contributed by atoms with Crippen LogP contribution in [0.5, 0.6) is 0 Å². The SMILES string of the molecule is CC1(C)CCC[C@]2(C)[C@H]3CC=C4C(=O)OC[C@H]4[C@]3(C)CC[C@H]12. The first kappa shape index (κ1) is 14.8. The van der Waals surface area contributed by atoms with Gasteiger partial charge in [-0.3, -0.25) is 0 Å². The van der Waals surface area contributed by atoms with Gasteiger partial charge in [-0.2, -0.15) is 0 Å². The highest BCUT2D eigenvalue weighted by atomic mass is 16.5. The van der Waals surface area contributed by atoms with Gasteiger partial charge in [0, 0.05) is 11.5 Å². The number of ether oxygens (including phenoxy) is 1. The lowest BCUT2D eigenvalue weighted by molar-refractivity contribution is -0.145. The number of esters is 1. The van der Waals surface area contributed by atoms with Crippen LogP contribution >= 0.6 is 0 Å². The summed E-state index contributed by atoms with van der Waals surface area (Å²) in [4.78, 5) is 12.0. The molecule has 4 aliphatic rings. The molecule has 5 atom stereocenters. The third-order valence-electron chi connectivity index (χ3n) is 8.20.